The van der Waals surface area contributed by atoms with E-state index in [2.05, 4.69) is 4.72 Å². The van der Waals surface area contributed by atoms with E-state index in [1.807, 2.05) is 0 Å². The Morgan fingerprint density at radius 2 is 1.86 bits per heavy atom. The molecule has 6 nitrogen and oxygen atoms in total. The predicted octanol–water partition coefficient (Wildman–Crippen LogP) is 1.84. The normalized spacial score (nSPS) is 13.0. The summed E-state index contributed by atoms with van der Waals surface area (Å²) >= 11 is 0. The highest BCUT2D eigenvalue weighted by molar-refractivity contribution is 7.89. The smallest absolute Gasteiger partial charge is 0.321 e. The van der Waals surface area contributed by atoms with Gasteiger partial charge >= 0.3 is 5.97 Å². The van der Waals surface area contributed by atoms with Crippen LogP contribution in [0, 0.1) is 13.8 Å². The summed E-state index contributed by atoms with van der Waals surface area (Å²) in [5, 5.41) is 9.09. The maximum absolute atomic E-state index is 12.4. The molecule has 118 valence electrons. The number of hydrogen-bond donors (Lipinski definition) is 2. The third-order valence-electron chi connectivity index (χ3n) is 3.11. The number of ether oxygens (including phenoxy) is 1. The van der Waals surface area contributed by atoms with Crippen molar-refractivity contribution in [3.05, 3.63) is 23.3 Å². The number of rotatable bonds is 7. The van der Waals surface area contributed by atoms with Gasteiger partial charge in [0.05, 0.1) is 12.0 Å². The van der Waals surface area contributed by atoms with E-state index in [-0.39, 0.29) is 11.3 Å². The zero-order valence-electron chi connectivity index (χ0n) is 12.6. The highest BCUT2D eigenvalue weighted by atomic mass is 32.2. The zero-order valence-corrected chi connectivity index (χ0v) is 13.5. The zero-order chi connectivity index (χ0) is 16.2. The Labute approximate surface area is 125 Å². The van der Waals surface area contributed by atoms with Gasteiger partial charge in [-0.05, 0) is 43.5 Å². The minimum Gasteiger partial charge on any atom is -0.497 e. The van der Waals surface area contributed by atoms with E-state index in [0.29, 0.717) is 23.3 Å². The molecule has 0 unspecified atom stereocenters. The van der Waals surface area contributed by atoms with Crippen LogP contribution in [0.15, 0.2) is 17.0 Å². The summed E-state index contributed by atoms with van der Waals surface area (Å²) in [6.45, 7) is 5.10. The van der Waals surface area contributed by atoms with Crippen LogP contribution in [0.25, 0.3) is 0 Å². The average molecular weight is 315 g/mol. The molecule has 0 saturated heterocycles. The van der Waals surface area contributed by atoms with Gasteiger partial charge in [-0.15, -0.1) is 0 Å². The molecule has 0 aliphatic carbocycles. The van der Waals surface area contributed by atoms with Crippen LogP contribution >= 0.6 is 0 Å². The molecule has 1 atom stereocenters. The Bertz CT molecular complexity index is 601. The van der Waals surface area contributed by atoms with Gasteiger partial charge in [-0.2, -0.15) is 4.72 Å². The van der Waals surface area contributed by atoms with Gasteiger partial charge in [0, 0.05) is 0 Å². The third-order valence-corrected chi connectivity index (χ3v) is 4.89. The summed E-state index contributed by atoms with van der Waals surface area (Å²) in [5.41, 5.74) is 1.03. The number of hydrogen-bond acceptors (Lipinski definition) is 4. The van der Waals surface area contributed by atoms with Gasteiger partial charge < -0.3 is 9.84 Å². The molecule has 0 radical (unpaired) electrons. The number of nitrogens with one attached hydrogen (secondary N) is 1. The highest BCUT2D eigenvalue weighted by Gasteiger charge is 2.27. The first-order chi connectivity index (χ1) is 9.72. The lowest BCUT2D eigenvalue weighted by Gasteiger charge is -2.17. The molecule has 0 bridgehead atoms. The monoisotopic (exact) mass is 315 g/mol. The van der Waals surface area contributed by atoms with Gasteiger partial charge in [0.2, 0.25) is 10.0 Å². The molecule has 0 aromatic heterocycles. The van der Waals surface area contributed by atoms with Crippen molar-refractivity contribution >= 4 is 16.0 Å². The average Bonchev–Trinajstić information content (AvgIpc) is 2.36. The lowest BCUT2D eigenvalue weighted by atomic mass is 10.1. The van der Waals surface area contributed by atoms with E-state index in [1.54, 1.807) is 32.9 Å². The molecule has 7 heteroatoms. The second kappa shape index (κ2) is 6.91. The van der Waals surface area contributed by atoms with Crippen molar-refractivity contribution in [2.45, 2.75) is 44.6 Å². The first-order valence-electron chi connectivity index (χ1n) is 6.63. The van der Waals surface area contributed by atoms with Crippen molar-refractivity contribution in [1.82, 2.24) is 4.72 Å². The summed E-state index contributed by atoms with van der Waals surface area (Å²) in [5.74, 6) is -0.614. The van der Waals surface area contributed by atoms with E-state index >= 15 is 0 Å². The number of aliphatic carboxylic acids is 1. The highest BCUT2D eigenvalue weighted by Crippen LogP contribution is 2.25. The van der Waals surface area contributed by atoms with Gasteiger partial charge in [0.15, 0.2) is 0 Å². The largest absolute Gasteiger partial charge is 0.497 e. The molecule has 1 aromatic carbocycles. The minimum atomic E-state index is -3.90. The molecule has 0 fully saturated rings. The number of carboxylic acid groups (broad SMARTS) is 1. The second-order valence-corrected chi connectivity index (χ2v) is 6.54. The summed E-state index contributed by atoms with van der Waals surface area (Å²) in [7, 11) is -2.40. The molecule has 0 amide bonds. The molecule has 2 N–H and O–H groups in total. The molecule has 21 heavy (non-hydrogen) atoms. The number of methoxy groups -OCH3 is 1. The standard InChI is InChI=1S/C14H21NO5S/c1-5-6-12(14(16)17)15-21(18,19)13-9(2)7-11(20-4)8-10(13)3/h7-8,12,15H,5-6H2,1-4H3,(H,16,17)/t12-/m0/s1. The Morgan fingerprint density at radius 1 is 1.33 bits per heavy atom. The van der Waals surface area contributed by atoms with E-state index in [9.17, 15) is 13.2 Å². The third kappa shape index (κ3) is 4.18. The molecule has 0 aliphatic heterocycles. The summed E-state index contributed by atoms with van der Waals surface area (Å²) in [6.07, 6.45) is 0.808. The number of benzene rings is 1. The lowest BCUT2D eigenvalue weighted by Crippen LogP contribution is -2.41. The first kappa shape index (κ1) is 17.5. The molecule has 1 aromatic rings. The van der Waals surface area contributed by atoms with Gasteiger partial charge in [0.25, 0.3) is 0 Å². The predicted molar refractivity (Wildman–Crippen MR) is 79.1 cm³/mol. The van der Waals surface area contributed by atoms with Gasteiger partial charge in [-0.3, -0.25) is 4.79 Å². The van der Waals surface area contributed by atoms with Crippen LogP contribution in [0.4, 0.5) is 0 Å². The fourth-order valence-corrected chi connectivity index (χ4v) is 3.90. The molecular weight excluding hydrogens is 294 g/mol. The van der Waals surface area contributed by atoms with Crippen molar-refractivity contribution in [3.63, 3.8) is 0 Å². The second-order valence-electron chi connectivity index (χ2n) is 4.89. The molecule has 0 spiro atoms. The first-order valence-corrected chi connectivity index (χ1v) is 8.11. The molecular formula is C14H21NO5S. The Morgan fingerprint density at radius 3 is 2.24 bits per heavy atom. The number of carboxylic acids is 1. The number of carbonyl (C=O) groups is 1. The molecule has 0 heterocycles. The maximum Gasteiger partial charge on any atom is 0.321 e. The topological polar surface area (TPSA) is 92.7 Å². The van der Waals surface area contributed by atoms with Crippen molar-refractivity contribution in [2.75, 3.05) is 7.11 Å². The minimum absolute atomic E-state index is 0.102. The maximum atomic E-state index is 12.4. The summed E-state index contributed by atoms with van der Waals surface area (Å²) in [6, 6.07) is 2.09. The molecule has 0 saturated carbocycles. The lowest BCUT2D eigenvalue weighted by molar-refractivity contribution is -0.139. The van der Waals surface area contributed by atoms with Crippen molar-refractivity contribution in [3.8, 4) is 5.75 Å². The Balaban J connectivity index is 3.22. The van der Waals surface area contributed by atoms with Crippen LogP contribution in [-0.2, 0) is 14.8 Å². The van der Waals surface area contributed by atoms with Crippen molar-refractivity contribution < 1.29 is 23.1 Å². The number of sulfonamides is 1. The van der Waals surface area contributed by atoms with Gasteiger partial charge in [0.1, 0.15) is 11.8 Å². The van der Waals surface area contributed by atoms with Crippen LogP contribution in [-0.4, -0.2) is 32.6 Å². The van der Waals surface area contributed by atoms with Gasteiger partial charge in [-0.1, -0.05) is 13.3 Å². The Kier molecular flexibility index (Phi) is 5.74. The molecule has 1 rings (SSSR count). The van der Waals surface area contributed by atoms with Crippen LogP contribution in [0.2, 0.25) is 0 Å². The fourth-order valence-electron chi connectivity index (χ4n) is 2.22. The van der Waals surface area contributed by atoms with Gasteiger partial charge in [-0.25, -0.2) is 8.42 Å². The van der Waals surface area contributed by atoms with Crippen molar-refractivity contribution in [1.29, 1.82) is 0 Å². The van der Waals surface area contributed by atoms with E-state index in [1.165, 1.54) is 7.11 Å². The van der Waals surface area contributed by atoms with Crippen LogP contribution in [0.1, 0.15) is 30.9 Å². The van der Waals surface area contributed by atoms with E-state index < -0.39 is 22.0 Å². The van der Waals surface area contributed by atoms with Crippen LogP contribution in [0.3, 0.4) is 0 Å². The SMILES string of the molecule is CCC[C@H](NS(=O)(=O)c1c(C)cc(OC)cc1C)C(=O)O. The fraction of sp³-hybridized carbons (Fsp3) is 0.500. The summed E-state index contributed by atoms with van der Waals surface area (Å²) in [4.78, 5) is 11.2. The quantitative estimate of drug-likeness (QED) is 0.801. The van der Waals surface area contributed by atoms with E-state index in [4.69, 9.17) is 9.84 Å². The summed E-state index contributed by atoms with van der Waals surface area (Å²) < 4.78 is 32.2. The van der Waals surface area contributed by atoms with Crippen LogP contribution in [0.5, 0.6) is 5.75 Å². The van der Waals surface area contributed by atoms with Crippen LogP contribution < -0.4 is 9.46 Å². The molecule has 0 aliphatic rings. The Hall–Kier alpha value is -1.60. The van der Waals surface area contributed by atoms with Crippen molar-refractivity contribution in [2.24, 2.45) is 0 Å². The van der Waals surface area contributed by atoms with E-state index in [0.717, 1.165) is 0 Å². The number of aryl methyl sites for hydroxylation is 2.